The summed E-state index contributed by atoms with van der Waals surface area (Å²) in [5.41, 5.74) is 0.547. The SMILES string of the molecule is COc1cc(OCC(=O)N(Cc2cccc(Cl)c2)C(C)C(=O)NCC(C)C)ccc1[N+](=O)[O-]. The molecule has 9 nitrogen and oxygen atoms in total. The van der Waals surface area contributed by atoms with E-state index in [2.05, 4.69) is 5.32 Å². The molecule has 0 saturated carbocycles. The van der Waals surface area contributed by atoms with Crippen LogP contribution in [0.1, 0.15) is 26.3 Å². The number of nitro groups is 1. The fourth-order valence-corrected chi connectivity index (χ4v) is 3.21. The first-order valence-electron chi connectivity index (χ1n) is 10.4. The van der Waals surface area contributed by atoms with Crippen molar-refractivity contribution in [2.24, 2.45) is 5.92 Å². The normalized spacial score (nSPS) is 11.6. The van der Waals surface area contributed by atoms with Crippen LogP contribution in [0.3, 0.4) is 0 Å². The highest BCUT2D eigenvalue weighted by Gasteiger charge is 2.27. The molecule has 0 heterocycles. The number of carbonyl (C=O) groups excluding carboxylic acids is 2. The number of halogens is 1. The Morgan fingerprint density at radius 3 is 2.52 bits per heavy atom. The Morgan fingerprint density at radius 1 is 1.18 bits per heavy atom. The molecular weight excluding hydrogens is 450 g/mol. The Hall–Kier alpha value is -3.33. The molecule has 33 heavy (non-hydrogen) atoms. The van der Waals surface area contributed by atoms with Crippen LogP contribution >= 0.6 is 11.6 Å². The maximum atomic E-state index is 13.1. The number of hydrogen-bond donors (Lipinski definition) is 1. The lowest BCUT2D eigenvalue weighted by molar-refractivity contribution is -0.385. The minimum absolute atomic E-state index is 0.0159. The Labute approximate surface area is 197 Å². The smallest absolute Gasteiger partial charge is 0.311 e. The summed E-state index contributed by atoms with van der Waals surface area (Å²) in [5, 5.41) is 14.4. The first kappa shape index (κ1) is 25.9. The van der Waals surface area contributed by atoms with E-state index in [4.69, 9.17) is 21.1 Å². The van der Waals surface area contributed by atoms with Gasteiger partial charge in [0.1, 0.15) is 11.8 Å². The van der Waals surface area contributed by atoms with Crippen LogP contribution in [0.5, 0.6) is 11.5 Å². The van der Waals surface area contributed by atoms with Crippen molar-refractivity contribution >= 4 is 29.1 Å². The molecule has 2 rings (SSSR count). The van der Waals surface area contributed by atoms with Crippen LogP contribution in [0, 0.1) is 16.0 Å². The third-order valence-electron chi connectivity index (χ3n) is 4.80. The number of nitrogens with zero attached hydrogens (tertiary/aromatic N) is 2. The van der Waals surface area contributed by atoms with E-state index in [1.54, 1.807) is 25.1 Å². The molecule has 2 aromatic carbocycles. The van der Waals surface area contributed by atoms with Crippen molar-refractivity contribution in [1.82, 2.24) is 10.2 Å². The Kier molecular flexibility index (Phi) is 9.47. The molecule has 2 amide bonds. The minimum atomic E-state index is -0.759. The highest BCUT2D eigenvalue weighted by Crippen LogP contribution is 2.30. The molecule has 1 atom stereocenters. The largest absolute Gasteiger partial charge is 0.490 e. The molecule has 0 saturated heterocycles. The van der Waals surface area contributed by atoms with Gasteiger partial charge in [0.25, 0.3) is 5.91 Å². The second-order valence-electron chi connectivity index (χ2n) is 7.85. The predicted octanol–water partition coefficient (Wildman–Crippen LogP) is 3.83. The van der Waals surface area contributed by atoms with E-state index >= 15 is 0 Å². The zero-order valence-corrected chi connectivity index (χ0v) is 19.8. The number of hydrogen-bond acceptors (Lipinski definition) is 6. The molecule has 0 aliphatic carbocycles. The summed E-state index contributed by atoms with van der Waals surface area (Å²) in [6.07, 6.45) is 0. The summed E-state index contributed by atoms with van der Waals surface area (Å²) < 4.78 is 10.6. The van der Waals surface area contributed by atoms with Gasteiger partial charge < -0.3 is 19.7 Å². The van der Waals surface area contributed by atoms with Gasteiger partial charge >= 0.3 is 5.69 Å². The van der Waals surface area contributed by atoms with Crippen molar-refractivity contribution in [3.63, 3.8) is 0 Å². The highest BCUT2D eigenvalue weighted by atomic mass is 35.5. The van der Waals surface area contributed by atoms with Gasteiger partial charge in [-0.2, -0.15) is 0 Å². The molecule has 0 aliphatic heterocycles. The Bertz CT molecular complexity index is 998. The predicted molar refractivity (Wildman–Crippen MR) is 124 cm³/mol. The Balaban J connectivity index is 2.18. The summed E-state index contributed by atoms with van der Waals surface area (Å²) in [4.78, 5) is 37.6. The van der Waals surface area contributed by atoms with E-state index in [0.29, 0.717) is 11.6 Å². The van der Waals surface area contributed by atoms with Crippen molar-refractivity contribution in [2.75, 3.05) is 20.3 Å². The summed E-state index contributed by atoms with van der Waals surface area (Å²) in [5.74, 6) is -0.207. The van der Waals surface area contributed by atoms with Crippen LogP contribution in [0.25, 0.3) is 0 Å². The maximum absolute atomic E-state index is 13.1. The van der Waals surface area contributed by atoms with Gasteiger partial charge in [-0.3, -0.25) is 19.7 Å². The van der Waals surface area contributed by atoms with Crippen LogP contribution in [0.4, 0.5) is 5.69 Å². The zero-order chi connectivity index (χ0) is 24.5. The Morgan fingerprint density at radius 2 is 1.91 bits per heavy atom. The number of methoxy groups -OCH3 is 1. The molecule has 178 valence electrons. The summed E-state index contributed by atoms with van der Waals surface area (Å²) >= 11 is 6.07. The van der Waals surface area contributed by atoms with Gasteiger partial charge in [-0.25, -0.2) is 0 Å². The molecule has 0 aliphatic rings. The van der Waals surface area contributed by atoms with E-state index in [1.165, 1.54) is 30.2 Å². The third-order valence-corrected chi connectivity index (χ3v) is 5.04. The number of carbonyl (C=O) groups is 2. The van der Waals surface area contributed by atoms with E-state index in [1.807, 2.05) is 19.9 Å². The lowest BCUT2D eigenvalue weighted by Gasteiger charge is -2.29. The molecule has 0 bridgehead atoms. The maximum Gasteiger partial charge on any atom is 0.311 e. The van der Waals surface area contributed by atoms with Gasteiger partial charge in [-0.1, -0.05) is 37.6 Å². The highest BCUT2D eigenvalue weighted by molar-refractivity contribution is 6.30. The van der Waals surface area contributed by atoms with Gasteiger partial charge in [0, 0.05) is 30.2 Å². The van der Waals surface area contributed by atoms with Crippen molar-refractivity contribution in [3.8, 4) is 11.5 Å². The van der Waals surface area contributed by atoms with E-state index in [9.17, 15) is 19.7 Å². The molecule has 0 fully saturated rings. The summed E-state index contributed by atoms with van der Waals surface area (Å²) in [6, 6.07) is 10.2. The number of nitro benzene ring substituents is 1. The molecule has 0 spiro atoms. The molecule has 1 N–H and O–H groups in total. The van der Waals surface area contributed by atoms with Gasteiger partial charge in [-0.15, -0.1) is 0 Å². The van der Waals surface area contributed by atoms with Crippen molar-refractivity contribution in [3.05, 3.63) is 63.2 Å². The van der Waals surface area contributed by atoms with E-state index < -0.39 is 16.9 Å². The van der Waals surface area contributed by atoms with Crippen molar-refractivity contribution < 1.29 is 24.0 Å². The number of rotatable bonds is 11. The van der Waals surface area contributed by atoms with Gasteiger partial charge in [0.2, 0.25) is 11.7 Å². The zero-order valence-electron chi connectivity index (χ0n) is 19.0. The lowest BCUT2D eigenvalue weighted by atomic mass is 10.1. The van der Waals surface area contributed by atoms with Crippen LogP contribution < -0.4 is 14.8 Å². The number of nitrogens with one attached hydrogen (secondary N) is 1. The second kappa shape index (κ2) is 12.1. The molecular formula is C23H28ClN3O6. The standard InChI is InChI=1S/C23H28ClN3O6/c1-15(2)12-25-23(29)16(3)26(13-17-6-5-7-18(24)10-17)22(28)14-33-19-8-9-20(27(30)31)21(11-19)32-4/h5-11,15-16H,12-14H2,1-4H3,(H,25,29). The molecule has 0 radical (unpaired) electrons. The summed E-state index contributed by atoms with van der Waals surface area (Å²) in [7, 11) is 1.31. The van der Waals surface area contributed by atoms with Gasteiger partial charge in [-0.05, 0) is 36.6 Å². The number of amides is 2. The molecule has 10 heteroatoms. The van der Waals surface area contributed by atoms with Crippen molar-refractivity contribution in [1.29, 1.82) is 0 Å². The monoisotopic (exact) mass is 477 g/mol. The topological polar surface area (TPSA) is 111 Å². The average molecular weight is 478 g/mol. The van der Waals surface area contributed by atoms with E-state index in [0.717, 1.165) is 5.56 Å². The third kappa shape index (κ3) is 7.64. The number of benzene rings is 2. The minimum Gasteiger partial charge on any atom is -0.490 e. The molecule has 1 unspecified atom stereocenters. The van der Waals surface area contributed by atoms with Gasteiger partial charge in [0.15, 0.2) is 6.61 Å². The van der Waals surface area contributed by atoms with Crippen molar-refractivity contribution in [2.45, 2.75) is 33.4 Å². The lowest BCUT2D eigenvalue weighted by Crippen LogP contribution is -2.49. The first-order valence-corrected chi connectivity index (χ1v) is 10.8. The second-order valence-corrected chi connectivity index (χ2v) is 8.28. The molecule has 0 aromatic heterocycles. The fraction of sp³-hybridized carbons (Fsp3) is 0.391. The summed E-state index contributed by atoms with van der Waals surface area (Å²) in [6.45, 7) is 5.87. The van der Waals surface area contributed by atoms with Gasteiger partial charge in [0.05, 0.1) is 12.0 Å². The quantitative estimate of drug-likeness (QED) is 0.389. The number of ether oxygens (including phenoxy) is 2. The first-order chi connectivity index (χ1) is 15.6. The van der Waals surface area contributed by atoms with Crippen LogP contribution in [0.2, 0.25) is 5.02 Å². The average Bonchev–Trinajstić information content (AvgIpc) is 2.78. The van der Waals surface area contributed by atoms with Crippen LogP contribution in [-0.4, -0.2) is 47.9 Å². The van der Waals surface area contributed by atoms with Crippen LogP contribution in [-0.2, 0) is 16.1 Å². The molecule has 2 aromatic rings. The fourth-order valence-electron chi connectivity index (χ4n) is 2.99. The van der Waals surface area contributed by atoms with Crippen LogP contribution in [0.15, 0.2) is 42.5 Å². The van der Waals surface area contributed by atoms with E-state index in [-0.39, 0.29) is 42.2 Å².